The molecule has 36 heavy (non-hydrogen) atoms. The van der Waals surface area contributed by atoms with E-state index < -0.39 is 29.2 Å². The maximum absolute atomic E-state index is 12.9. The van der Waals surface area contributed by atoms with Gasteiger partial charge in [0.2, 0.25) is 0 Å². The van der Waals surface area contributed by atoms with Gasteiger partial charge < -0.3 is 10.4 Å². The van der Waals surface area contributed by atoms with Crippen LogP contribution in [-0.2, 0) is 16.5 Å². The van der Waals surface area contributed by atoms with Crippen LogP contribution in [0.2, 0.25) is 0 Å². The fourth-order valence-electron chi connectivity index (χ4n) is 3.84. The molecule has 0 saturated heterocycles. The summed E-state index contributed by atoms with van der Waals surface area (Å²) in [5.41, 5.74) is 1.28. The molecule has 0 heterocycles. The third-order valence-corrected chi connectivity index (χ3v) is 6.05. The Morgan fingerprint density at radius 3 is 1.50 bits per heavy atom. The average molecular weight is 489 g/mol. The van der Waals surface area contributed by atoms with E-state index in [0.29, 0.717) is 16.7 Å². The molecule has 4 aromatic carbocycles. The first-order chi connectivity index (χ1) is 17.1. The first kappa shape index (κ1) is 24.7. The van der Waals surface area contributed by atoms with E-state index in [2.05, 4.69) is 5.32 Å². The second-order valence-electron chi connectivity index (χ2n) is 8.48. The lowest BCUT2D eigenvalue weighted by Crippen LogP contribution is -2.49. The minimum Gasteiger partial charge on any atom is -0.479 e. The number of alkyl halides is 3. The zero-order valence-corrected chi connectivity index (χ0v) is 19.2. The first-order valence-corrected chi connectivity index (χ1v) is 11.1. The third kappa shape index (κ3) is 5.15. The van der Waals surface area contributed by atoms with Gasteiger partial charge in [0.05, 0.1) is 5.56 Å². The summed E-state index contributed by atoms with van der Waals surface area (Å²) in [5, 5.41) is 12.6. The molecular formula is C29H22F3NO3. The summed E-state index contributed by atoms with van der Waals surface area (Å²) in [6.07, 6.45) is -4.42. The summed E-state index contributed by atoms with van der Waals surface area (Å²) in [7, 11) is 0. The van der Waals surface area contributed by atoms with Gasteiger partial charge in [0.15, 0.2) is 5.54 Å². The highest BCUT2D eigenvalue weighted by atomic mass is 19.4. The molecule has 4 aromatic rings. The number of aliphatic carboxylic acids is 1. The Morgan fingerprint density at radius 2 is 1.06 bits per heavy atom. The standard InChI is InChI=1S/C29H22F3NO3/c1-28(27(35)36,24-15-11-21(12-16-24)19-5-3-2-4-6-19)33-26(34)23-9-7-20(8-10-23)22-13-17-25(18-14-22)29(30,31)32/h2-18H,1H3,(H,33,34)(H,35,36)/t28-/m0/s1. The topological polar surface area (TPSA) is 66.4 Å². The maximum Gasteiger partial charge on any atom is 0.416 e. The molecule has 0 saturated carbocycles. The van der Waals surface area contributed by atoms with Gasteiger partial charge in [-0.05, 0) is 59.0 Å². The molecule has 1 amide bonds. The van der Waals surface area contributed by atoms with Crippen LogP contribution < -0.4 is 5.32 Å². The number of hydrogen-bond acceptors (Lipinski definition) is 2. The molecule has 0 radical (unpaired) electrons. The van der Waals surface area contributed by atoms with E-state index in [4.69, 9.17) is 0 Å². The van der Waals surface area contributed by atoms with Crippen LogP contribution in [0.25, 0.3) is 22.3 Å². The van der Waals surface area contributed by atoms with Crippen molar-refractivity contribution in [2.24, 2.45) is 0 Å². The molecule has 4 nitrogen and oxygen atoms in total. The number of hydrogen-bond donors (Lipinski definition) is 2. The van der Waals surface area contributed by atoms with Crippen LogP contribution in [-0.4, -0.2) is 17.0 Å². The van der Waals surface area contributed by atoms with Crippen LogP contribution in [0.5, 0.6) is 0 Å². The minimum atomic E-state index is -4.42. The predicted octanol–water partition coefficient (Wildman–Crippen LogP) is 6.77. The van der Waals surface area contributed by atoms with Crippen molar-refractivity contribution < 1.29 is 27.9 Å². The number of benzene rings is 4. The summed E-state index contributed by atoms with van der Waals surface area (Å²) >= 11 is 0. The van der Waals surface area contributed by atoms with Crippen molar-refractivity contribution in [2.45, 2.75) is 18.6 Å². The largest absolute Gasteiger partial charge is 0.479 e. The van der Waals surface area contributed by atoms with E-state index in [9.17, 15) is 27.9 Å². The third-order valence-electron chi connectivity index (χ3n) is 6.05. The Bertz CT molecular complexity index is 1360. The summed E-state index contributed by atoms with van der Waals surface area (Å²) in [4.78, 5) is 25.1. The van der Waals surface area contributed by atoms with Crippen molar-refractivity contribution >= 4 is 11.9 Å². The van der Waals surface area contributed by atoms with Crippen molar-refractivity contribution in [3.63, 3.8) is 0 Å². The number of halogens is 3. The highest BCUT2D eigenvalue weighted by Crippen LogP contribution is 2.31. The van der Waals surface area contributed by atoms with Gasteiger partial charge in [0.25, 0.3) is 5.91 Å². The molecule has 0 bridgehead atoms. The van der Waals surface area contributed by atoms with E-state index in [1.165, 1.54) is 31.2 Å². The number of rotatable bonds is 6. The SMILES string of the molecule is C[C@@](NC(=O)c1ccc(-c2ccc(C(F)(F)F)cc2)cc1)(C(=O)O)c1ccc(-c2ccccc2)cc1. The zero-order valence-electron chi connectivity index (χ0n) is 19.2. The van der Waals surface area contributed by atoms with Gasteiger partial charge in [-0.15, -0.1) is 0 Å². The second-order valence-corrected chi connectivity index (χ2v) is 8.48. The Morgan fingerprint density at radius 1 is 0.639 bits per heavy atom. The molecular weight excluding hydrogens is 467 g/mol. The molecule has 4 rings (SSSR count). The molecule has 7 heteroatoms. The van der Waals surface area contributed by atoms with E-state index >= 15 is 0 Å². The van der Waals surface area contributed by atoms with Crippen LogP contribution >= 0.6 is 0 Å². The molecule has 182 valence electrons. The molecule has 0 aliphatic heterocycles. The monoisotopic (exact) mass is 489 g/mol. The van der Waals surface area contributed by atoms with E-state index in [-0.39, 0.29) is 5.56 Å². The Hall–Kier alpha value is -4.39. The molecule has 2 N–H and O–H groups in total. The smallest absolute Gasteiger partial charge is 0.416 e. The van der Waals surface area contributed by atoms with E-state index in [1.54, 1.807) is 36.4 Å². The van der Waals surface area contributed by atoms with Gasteiger partial charge >= 0.3 is 12.1 Å². The van der Waals surface area contributed by atoms with Crippen molar-refractivity contribution in [3.05, 3.63) is 120 Å². The van der Waals surface area contributed by atoms with E-state index in [0.717, 1.165) is 23.3 Å². The fraction of sp³-hybridized carbons (Fsp3) is 0.103. The molecule has 0 spiro atoms. The van der Waals surface area contributed by atoms with Crippen molar-refractivity contribution in [2.75, 3.05) is 0 Å². The Kier molecular flexibility index (Phi) is 6.66. The number of amides is 1. The highest BCUT2D eigenvalue weighted by molar-refractivity contribution is 5.98. The van der Waals surface area contributed by atoms with E-state index in [1.807, 2.05) is 30.3 Å². The normalized spacial score (nSPS) is 13.0. The number of carbonyl (C=O) groups excluding carboxylic acids is 1. The molecule has 0 unspecified atom stereocenters. The number of carboxylic acids is 1. The Balaban J connectivity index is 1.52. The minimum absolute atomic E-state index is 0.221. The summed E-state index contributed by atoms with van der Waals surface area (Å²) in [6, 6.07) is 27.5. The van der Waals surface area contributed by atoms with Gasteiger partial charge in [-0.25, -0.2) is 4.79 Å². The number of carbonyl (C=O) groups is 2. The highest BCUT2D eigenvalue weighted by Gasteiger charge is 2.37. The quantitative estimate of drug-likeness (QED) is 0.314. The van der Waals surface area contributed by atoms with Crippen molar-refractivity contribution in [1.82, 2.24) is 5.32 Å². The summed E-state index contributed by atoms with van der Waals surface area (Å²) in [6.45, 7) is 1.42. The molecule has 0 fully saturated rings. The lowest BCUT2D eigenvalue weighted by Gasteiger charge is -2.27. The molecule has 0 aliphatic rings. The lowest BCUT2D eigenvalue weighted by atomic mass is 9.90. The number of nitrogens with one attached hydrogen (secondary N) is 1. The predicted molar refractivity (Wildman–Crippen MR) is 131 cm³/mol. The van der Waals surface area contributed by atoms with Crippen LogP contribution in [0, 0.1) is 0 Å². The van der Waals surface area contributed by atoms with Crippen LogP contribution in [0.4, 0.5) is 13.2 Å². The Labute approximate surface area is 206 Å². The van der Waals surface area contributed by atoms with Crippen LogP contribution in [0.3, 0.4) is 0 Å². The lowest BCUT2D eigenvalue weighted by molar-refractivity contribution is -0.144. The average Bonchev–Trinajstić information content (AvgIpc) is 2.89. The van der Waals surface area contributed by atoms with Gasteiger partial charge in [0.1, 0.15) is 0 Å². The van der Waals surface area contributed by atoms with Crippen LogP contribution in [0.1, 0.15) is 28.4 Å². The second kappa shape index (κ2) is 9.70. The molecule has 0 aliphatic carbocycles. The number of carboxylic acid groups (broad SMARTS) is 1. The summed E-state index contributed by atoms with van der Waals surface area (Å²) < 4.78 is 38.4. The van der Waals surface area contributed by atoms with Gasteiger partial charge in [-0.2, -0.15) is 13.2 Å². The van der Waals surface area contributed by atoms with Gasteiger partial charge in [-0.1, -0.05) is 78.9 Å². The van der Waals surface area contributed by atoms with Crippen LogP contribution in [0.15, 0.2) is 103 Å². The molecule has 0 aromatic heterocycles. The molecule has 1 atom stereocenters. The fourth-order valence-corrected chi connectivity index (χ4v) is 3.84. The maximum atomic E-state index is 12.9. The van der Waals surface area contributed by atoms with Crippen molar-refractivity contribution in [3.8, 4) is 22.3 Å². The van der Waals surface area contributed by atoms with Crippen molar-refractivity contribution in [1.29, 1.82) is 0 Å². The van der Waals surface area contributed by atoms with Gasteiger partial charge in [0, 0.05) is 5.56 Å². The first-order valence-electron chi connectivity index (χ1n) is 11.1. The summed E-state index contributed by atoms with van der Waals surface area (Å²) in [5.74, 6) is -1.81. The zero-order chi connectivity index (χ0) is 25.9. The van der Waals surface area contributed by atoms with Gasteiger partial charge in [-0.3, -0.25) is 4.79 Å².